The molecule has 0 fully saturated rings. The fraction of sp³-hybridized carbons (Fsp3) is 0.154. The molecule has 0 radical (unpaired) electrons. The van der Waals surface area contributed by atoms with E-state index < -0.39 is 40.6 Å². The van der Waals surface area contributed by atoms with Crippen LogP contribution in [0.15, 0.2) is 36.7 Å². The molecule has 0 spiro atoms. The Morgan fingerprint density at radius 1 is 1.05 bits per heavy atom. The molecule has 1 atom stereocenters. The molecule has 2 nitrogen and oxygen atoms in total. The van der Waals surface area contributed by atoms with E-state index in [9.17, 15) is 27.1 Å². The molecule has 0 aliphatic heterocycles. The third kappa shape index (κ3) is 2.62. The number of hydrogen-bond acceptors (Lipinski definition) is 2. The van der Waals surface area contributed by atoms with Gasteiger partial charge in [-0.25, -0.2) is 8.78 Å². The molecule has 20 heavy (non-hydrogen) atoms. The average Bonchev–Trinajstić information content (AvgIpc) is 2.40. The van der Waals surface area contributed by atoms with Gasteiger partial charge in [0.2, 0.25) is 0 Å². The Kier molecular flexibility index (Phi) is 3.71. The lowest BCUT2D eigenvalue weighted by atomic mass is 9.98. The molecule has 2 rings (SSSR count). The SMILES string of the molecule is OC(c1cnccc1C(F)(F)F)c1cccc(F)c1F. The van der Waals surface area contributed by atoms with E-state index in [1.54, 1.807) is 0 Å². The lowest BCUT2D eigenvalue weighted by Crippen LogP contribution is -2.14. The monoisotopic (exact) mass is 289 g/mol. The van der Waals surface area contributed by atoms with Gasteiger partial charge in [0.05, 0.1) is 5.56 Å². The number of aromatic nitrogens is 1. The lowest BCUT2D eigenvalue weighted by molar-refractivity contribution is -0.139. The van der Waals surface area contributed by atoms with Crippen molar-refractivity contribution >= 4 is 0 Å². The van der Waals surface area contributed by atoms with E-state index in [0.717, 1.165) is 30.6 Å². The van der Waals surface area contributed by atoms with Gasteiger partial charge in [-0.3, -0.25) is 4.98 Å². The zero-order valence-corrected chi connectivity index (χ0v) is 9.83. The Balaban J connectivity index is 2.55. The summed E-state index contributed by atoms with van der Waals surface area (Å²) < 4.78 is 65.0. The van der Waals surface area contributed by atoms with Gasteiger partial charge in [-0.2, -0.15) is 13.2 Å². The van der Waals surface area contributed by atoms with Gasteiger partial charge in [0.1, 0.15) is 6.10 Å². The van der Waals surface area contributed by atoms with Crippen molar-refractivity contribution in [2.24, 2.45) is 0 Å². The highest BCUT2D eigenvalue weighted by molar-refractivity contribution is 5.36. The summed E-state index contributed by atoms with van der Waals surface area (Å²) in [5.74, 6) is -2.64. The number of aliphatic hydroxyl groups excluding tert-OH is 1. The van der Waals surface area contributed by atoms with Crippen molar-refractivity contribution in [3.05, 3.63) is 65.0 Å². The number of hydrogen-bond donors (Lipinski definition) is 1. The predicted octanol–water partition coefficient (Wildman–Crippen LogP) is 3.46. The first-order valence-corrected chi connectivity index (χ1v) is 5.45. The van der Waals surface area contributed by atoms with E-state index in [1.807, 2.05) is 0 Å². The van der Waals surface area contributed by atoms with Gasteiger partial charge in [0, 0.05) is 23.5 Å². The third-order valence-electron chi connectivity index (χ3n) is 2.73. The number of aliphatic hydroxyl groups is 1. The summed E-state index contributed by atoms with van der Waals surface area (Å²) in [5, 5.41) is 9.89. The summed E-state index contributed by atoms with van der Waals surface area (Å²) in [6, 6.07) is 3.58. The van der Waals surface area contributed by atoms with Crippen LogP contribution in [0.2, 0.25) is 0 Å². The summed E-state index contributed by atoms with van der Waals surface area (Å²) in [4.78, 5) is 3.48. The third-order valence-corrected chi connectivity index (χ3v) is 2.73. The zero-order chi connectivity index (χ0) is 14.9. The molecular weight excluding hydrogens is 281 g/mol. The van der Waals surface area contributed by atoms with Gasteiger partial charge in [-0.1, -0.05) is 12.1 Å². The van der Waals surface area contributed by atoms with Crippen LogP contribution in [0.4, 0.5) is 22.0 Å². The van der Waals surface area contributed by atoms with Gasteiger partial charge >= 0.3 is 6.18 Å². The van der Waals surface area contributed by atoms with Crippen molar-refractivity contribution in [2.75, 3.05) is 0 Å². The number of halogens is 5. The van der Waals surface area contributed by atoms with Crippen LogP contribution in [0.25, 0.3) is 0 Å². The van der Waals surface area contributed by atoms with Crippen molar-refractivity contribution in [2.45, 2.75) is 12.3 Å². The van der Waals surface area contributed by atoms with Crippen molar-refractivity contribution in [1.82, 2.24) is 4.98 Å². The van der Waals surface area contributed by atoms with Crippen LogP contribution in [0.1, 0.15) is 22.8 Å². The molecule has 1 N–H and O–H groups in total. The van der Waals surface area contributed by atoms with Crippen molar-refractivity contribution in [3.63, 3.8) is 0 Å². The van der Waals surface area contributed by atoms with Gasteiger partial charge < -0.3 is 5.11 Å². The molecule has 0 amide bonds. The number of alkyl halides is 3. The van der Waals surface area contributed by atoms with E-state index >= 15 is 0 Å². The van der Waals surface area contributed by atoms with E-state index in [1.165, 1.54) is 0 Å². The van der Waals surface area contributed by atoms with Crippen LogP contribution in [-0.4, -0.2) is 10.1 Å². The minimum absolute atomic E-state index is 0.580. The molecule has 0 saturated carbocycles. The van der Waals surface area contributed by atoms with Gasteiger partial charge in [0.25, 0.3) is 0 Å². The fourth-order valence-corrected chi connectivity index (χ4v) is 1.78. The average molecular weight is 289 g/mol. The maximum atomic E-state index is 13.5. The topological polar surface area (TPSA) is 33.1 Å². The number of pyridine rings is 1. The second kappa shape index (κ2) is 5.16. The summed E-state index contributed by atoms with van der Waals surface area (Å²) in [5.41, 5.74) is -2.36. The Morgan fingerprint density at radius 3 is 2.40 bits per heavy atom. The second-order valence-electron chi connectivity index (χ2n) is 4.01. The van der Waals surface area contributed by atoms with Crippen LogP contribution in [0.3, 0.4) is 0 Å². The van der Waals surface area contributed by atoms with E-state index in [4.69, 9.17) is 0 Å². The highest BCUT2D eigenvalue weighted by Crippen LogP contribution is 2.36. The van der Waals surface area contributed by atoms with Crippen LogP contribution in [0, 0.1) is 11.6 Å². The summed E-state index contributed by atoms with van der Waals surface area (Å²) in [6.07, 6.45) is -5.02. The summed E-state index contributed by atoms with van der Waals surface area (Å²) >= 11 is 0. The van der Waals surface area contributed by atoms with E-state index in [2.05, 4.69) is 4.98 Å². The van der Waals surface area contributed by atoms with Crippen LogP contribution in [0.5, 0.6) is 0 Å². The molecule has 106 valence electrons. The lowest BCUT2D eigenvalue weighted by Gasteiger charge is -2.17. The molecule has 1 aromatic carbocycles. The molecular formula is C13H8F5NO. The fourth-order valence-electron chi connectivity index (χ4n) is 1.78. The Labute approximate surface area is 110 Å². The van der Waals surface area contributed by atoms with E-state index in [0.29, 0.717) is 6.07 Å². The van der Waals surface area contributed by atoms with Crippen LogP contribution in [-0.2, 0) is 6.18 Å². The first kappa shape index (κ1) is 14.4. The van der Waals surface area contributed by atoms with Gasteiger partial charge in [-0.15, -0.1) is 0 Å². The molecule has 0 aliphatic rings. The minimum Gasteiger partial charge on any atom is -0.383 e. The first-order valence-electron chi connectivity index (χ1n) is 5.45. The standard InChI is InChI=1S/C13H8F5NO/c14-10-3-1-2-7(11(10)15)12(20)8-6-19-5-4-9(8)13(16,17)18/h1-6,12,20H. The second-order valence-corrected chi connectivity index (χ2v) is 4.01. The highest BCUT2D eigenvalue weighted by Gasteiger charge is 2.35. The summed E-state index contributed by atoms with van der Waals surface area (Å²) in [7, 11) is 0. The highest BCUT2D eigenvalue weighted by atomic mass is 19.4. The van der Waals surface area contributed by atoms with Crippen molar-refractivity contribution in [3.8, 4) is 0 Å². The van der Waals surface area contributed by atoms with Crippen molar-refractivity contribution in [1.29, 1.82) is 0 Å². The Hall–Kier alpha value is -2.02. The minimum atomic E-state index is -4.73. The normalized spacial score (nSPS) is 13.3. The first-order chi connectivity index (χ1) is 9.32. The molecule has 1 unspecified atom stereocenters. The van der Waals surface area contributed by atoms with Crippen molar-refractivity contribution < 1.29 is 27.1 Å². The van der Waals surface area contributed by atoms with Crippen LogP contribution < -0.4 is 0 Å². The Morgan fingerprint density at radius 2 is 1.75 bits per heavy atom. The van der Waals surface area contributed by atoms with Crippen LogP contribution >= 0.6 is 0 Å². The quantitative estimate of drug-likeness (QED) is 0.859. The number of rotatable bonds is 2. The molecule has 0 bridgehead atoms. The maximum Gasteiger partial charge on any atom is 0.416 e. The molecule has 0 aliphatic carbocycles. The molecule has 1 aromatic heterocycles. The predicted molar refractivity (Wildman–Crippen MR) is 59.7 cm³/mol. The molecule has 0 saturated heterocycles. The zero-order valence-electron chi connectivity index (χ0n) is 9.83. The molecule has 1 heterocycles. The van der Waals surface area contributed by atoms with Gasteiger partial charge in [-0.05, 0) is 12.1 Å². The largest absolute Gasteiger partial charge is 0.416 e. The number of nitrogens with zero attached hydrogens (tertiary/aromatic N) is 1. The Bertz CT molecular complexity index is 626. The van der Waals surface area contributed by atoms with Gasteiger partial charge in [0.15, 0.2) is 11.6 Å². The molecule has 2 aromatic rings. The smallest absolute Gasteiger partial charge is 0.383 e. The number of benzene rings is 1. The molecule has 7 heteroatoms. The summed E-state index contributed by atoms with van der Waals surface area (Å²) in [6.45, 7) is 0. The van der Waals surface area contributed by atoms with E-state index in [-0.39, 0.29) is 0 Å². The maximum absolute atomic E-state index is 13.5.